The molecule has 184 valence electrons. The first-order valence-corrected chi connectivity index (χ1v) is 12.5. The Morgan fingerprint density at radius 3 is 2.86 bits per heavy atom. The molecule has 3 atom stereocenters. The van der Waals surface area contributed by atoms with Crippen LogP contribution in [0.2, 0.25) is 0 Å². The Bertz CT molecular complexity index is 1140. The lowest BCUT2D eigenvalue weighted by molar-refractivity contribution is -0.139. The van der Waals surface area contributed by atoms with Crippen molar-refractivity contribution in [3.05, 3.63) is 36.2 Å². The number of amides is 3. The van der Waals surface area contributed by atoms with Crippen LogP contribution in [0.25, 0.3) is 0 Å². The average molecular weight is 479 g/mol. The molecule has 0 saturated carbocycles. The van der Waals surface area contributed by atoms with Crippen LogP contribution in [-0.4, -0.2) is 86.5 Å². The average Bonchev–Trinajstić information content (AvgIpc) is 3.63. The van der Waals surface area contributed by atoms with Gasteiger partial charge in [0.05, 0.1) is 12.5 Å². The molecule has 3 saturated heterocycles. The molecule has 5 heterocycles. The predicted octanol–water partition coefficient (Wildman–Crippen LogP) is 0.138. The van der Waals surface area contributed by atoms with Gasteiger partial charge in [-0.15, -0.1) is 5.10 Å². The monoisotopic (exact) mass is 478 g/mol. The Morgan fingerprint density at radius 2 is 2.00 bits per heavy atom. The smallest absolute Gasteiger partial charge is 0.253 e. The van der Waals surface area contributed by atoms with E-state index in [9.17, 15) is 14.4 Å². The fourth-order valence-electron chi connectivity index (χ4n) is 6.62. The number of para-hydroxylation sites is 1. The fraction of sp³-hybridized carbons (Fsp3) is 0.583. The molecule has 0 aliphatic carbocycles. The first-order valence-electron chi connectivity index (χ1n) is 12.5. The van der Waals surface area contributed by atoms with Crippen molar-refractivity contribution in [3.8, 4) is 0 Å². The minimum atomic E-state index is -0.948. The molecular weight excluding hydrogens is 448 g/mol. The zero-order valence-corrected chi connectivity index (χ0v) is 19.7. The molecule has 1 N–H and O–H groups in total. The van der Waals surface area contributed by atoms with E-state index in [1.54, 1.807) is 4.90 Å². The highest BCUT2D eigenvalue weighted by molar-refractivity contribution is 6.11. The van der Waals surface area contributed by atoms with Gasteiger partial charge in [-0.3, -0.25) is 19.3 Å². The minimum absolute atomic E-state index is 0.0168. The number of carbonyl (C=O) groups is 3. The van der Waals surface area contributed by atoms with Gasteiger partial charge in [-0.25, -0.2) is 4.68 Å². The van der Waals surface area contributed by atoms with Gasteiger partial charge >= 0.3 is 0 Å². The number of rotatable bonds is 3. The van der Waals surface area contributed by atoms with Gasteiger partial charge in [-0.2, -0.15) is 0 Å². The summed E-state index contributed by atoms with van der Waals surface area (Å²) in [6.07, 6.45) is 5.19. The number of aromatic nitrogens is 4. The molecule has 2 aromatic rings. The first-order chi connectivity index (χ1) is 17.1. The molecule has 0 unspecified atom stereocenters. The summed E-state index contributed by atoms with van der Waals surface area (Å²) < 4.78 is 1.53. The van der Waals surface area contributed by atoms with Gasteiger partial charge < -0.3 is 15.1 Å². The number of hydrogen-bond acceptors (Lipinski definition) is 7. The Balaban J connectivity index is 1.32. The van der Waals surface area contributed by atoms with E-state index in [1.807, 2.05) is 29.2 Å². The summed E-state index contributed by atoms with van der Waals surface area (Å²) in [4.78, 5) is 46.8. The number of aryl methyl sites for hydroxylation is 1. The lowest BCUT2D eigenvalue weighted by Crippen LogP contribution is -2.57. The summed E-state index contributed by atoms with van der Waals surface area (Å²) >= 11 is 0. The summed E-state index contributed by atoms with van der Waals surface area (Å²) in [6.45, 7) is 3.05. The molecule has 2 bridgehead atoms. The number of nitrogens with zero attached hydrogens (tertiary/aromatic N) is 7. The van der Waals surface area contributed by atoms with Crippen molar-refractivity contribution in [2.45, 2.75) is 50.2 Å². The van der Waals surface area contributed by atoms with Gasteiger partial charge in [0.15, 0.2) is 0 Å². The van der Waals surface area contributed by atoms with E-state index in [0.29, 0.717) is 45.6 Å². The Hall–Kier alpha value is -3.34. The number of benzene rings is 1. The number of carbonyl (C=O) groups excluding carboxylic acids is 3. The predicted molar refractivity (Wildman–Crippen MR) is 125 cm³/mol. The van der Waals surface area contributed by atoms with Crippen LogP contribution in [0.4, 0.5) is 5.69 Å². The van der Waals surface area contributed by atoms with E-state index < -0.39 is 11.5 Å². The first kappa shape index (κ1) is 22.1. The second-order valence-electron chi connectivity index (χ2n) is 9.87. The number of fused-ring (bicyclic) bond motifs is 4. The number of nitrogens with one attached hydrogen (secondary N) is 1. The van der Waals surface area contributed by atoms with E-state index in [2.05, 4.69) is 25.7 Å². The van der Waals surface area contributed by atoms with Crippen LogP contribution < -0.4 is 10.2 Å². The van der Waals surface area contributed by atoms with Gasteiger partial charge in [0.1, 0.15) is 11.9 Å². The SMILES string of the molecule is O=C1NCCCN(C(=O)CCn2cnnn2)CCN2C(=O)[C@@]3(c4ccccc42)[C@@H]1C[C@@H]1CCCN13. The third kappa shape index (κ3) is 3.43. The van der Waals surface area contributed by atoms with Crippen LogP contribution in [0.3, 0.4) is 0 Å². The maximum Gasteiger partial charge on any atom is 0.253 e. The van der Waals surface area contributed by atoms with Crippen LogP contribution in [-0.2, 0) is 26.5 Å². The summed E-state index contributed by atoms with van der Waals surface area (Å²) in [5, 5.41) is 14.2. The zero-order valence-electron chi connectivity index (χ0n) is 19.7. The largest absolute Gasteiger partial charge is 0.356 e. The molecule has 6 rings (SSSR count). The van der Waals surface area contributed by atoms with Crippen molar-refractivity contribution in [2.24, 2.45) is 5.92 Å². The molecule has 4 aliphatic rings. The van der Waals surface area contributed by atoms with Crippen molar-refractivity contribution in [2.75, 3.05) is 37.6 Å². The normalized spacial score (nSPS) is 28.7. The molecule has 0 radical (unpaired) electrons. The maximum atomic E-state index is 14.3. The Kier molecular flexibility index (Phi) is 5.51. The highest BCUT2D eigenvalue weighted by Crippen LogP contribution is 2.56. The fourth-order valence-corrected chi connectivity index (χ4v) is 6.62. The summed E-state index contributed by atoms with van der Waals surface area (Å²) in [5.74, 6) is -0.497. The Morgan fingerprint density at radius 1 is 1.11 bits per heavy atom. The van der Waals surface area contributed by atoms with Crippen molar-refractivity contribution < 1.29 is 14.4 Å². The van der Waals surface area contributed by atoms with E-state index >= 15 is 0 Å². The molecule has 1 aromatic carbocycles. The molecule has 3 amide bonds. The topological polar surface area (TPSA) is 117 Å². The molecule has 1 spiro atoms. The molecule has 11 heteroatoms. The lowest BCUT2D eigenvalue weighted by Gasteiger charge is -2.38. The second-order valence-corrected chi connectivity index (χ2v) is 9.87. The molecule has 35 heavy (non-hydrogen) atoms. The van der Waals surface area contributed by atoms with Crippen LogP contribution in [0.15, 0.2) is 30.6 Å². The summed E-state index contributed by atoms with van der Waals surface area (Å²) in [7, 11) is 0. The standard InChI is InChI=1S/C24H30N8O3/c33-21(8-12-30-16-26-27-28-30)29-10-4-9-25-22(34)19-15-17-5-3-11-32(17)24(19)18-6-1-2-7-20(18)31(14-13-29)23(24)35/h1-2,6-7,16-17,19H,3-5,8-15H2,(H,25,34)/t17-,19+,24+/m0/s1. The van der Waals surface area contributed by atoms with Crippen LogP contribution in [0, 0.1) is 5.92 Å². The quantitative estimate of drug-likeness (QED) is 0.667. The van der Waals surface area contributed by atoms with Gasteiger partial charge in [0.2, 0.25) is 11.8 Å². The van der Waals surface area contributed by atoms with E-state index in [4.69, 9.17) is 0 Å². The molecular formula is C24H30N8O3. The van der Waals surface area contributed by atoms with E-state index in [-0.39, 0.29) is 30.2 Å². The minimum Gasteiger partial charge on any atom is -0.356 e. The van der Waals surface area contributed by atoms with E-state index in [1.165, 1.54) is 11.0 Å². The highest BCUT2D eigenvalue weighted by Gasteiger charge is 2.67. The third-order valence-electron chi connectivity index (χ3n) is 8.13. The zero-order chi connectivity index (χ0) is 24.0. The third-order valence-corrected chi connectivity index (χ3v) is 8.13. The second kappa shape index (κ2) is 8.71. The maximum absolute atomic E-state index is 14.3. The van der Waals surface area contributed by atoms with Gasteiger partial charge in [0.25, 0.3) is 5.91 Å². The van der Waals surface area contributed by atoms with Gasteiger partial charge in [0, 0.05) is 49.9 Å². The van der Waals surface area contributed by atoms with Crippen molar-refractivity contribution in [3.63, 3.8) is 0 Å². The summed E-state index contributed by atoms with van der Waals surface area (Å²) in [5.41, 5.74) is 0.851. The lowest BCUT2D eigenvalue weighted by atomic mass is 9.78. The number of anilines is 1. The summed E-state index contributed by atoms with van der Waals surface area (Å²) in [6, 6.07) is 8.14. The van der Waals surface area contributed by atoms with Gasteiger partial charge in [-0.05, 0) is 48.7 Å². The van der Waals surface area contributed by atoms with Crippen LogP contribution in [0.1, 0.15) is 37.7 Å². The molecule has 4 aliphatic heterocycles. The molecule has 3 fully saturated rings. The number of hydrogen-bond donors (Lipinski definition) is 1. The van der Waals surface area contributed by atoms with Crippen molar-refractivity contribution in [1.29, 1.82) is 0 Å². The van der Waals surface area contributed by atoms with Crippen LogP contribution >= 0.6 is 0 Å². The Labute approximate surface area is 203 Å². The van der Waals surface area contributed by atoms with Gasteiger partial charge in [-0.1, -0.05) is 18.2 Å². The number of tetrazole rings is 1. The van der Waals surface area contributed by atoms with Crippen molar-refractivity contribution in [1.82, 2.24) is 35.3 Å². The van der Waals surface area contributed by atoms with Crippen LogP contribution in [0.5, 0.6) is 0 Å². The molecule has 11 nitrogen and oxygen atoms in total. The molecule has 1 aromatic heterocycles. The van der Waals surface area contributed by atoms with Crippen molar-refractivity contribution >= 4 is 23.4 Å². The highest BCUT2D eigenvalue weighted by atomic mass is 16.2. The van der Waals surface area contributed by atoms with E-state index in [0.717, 1.165) is 30.6 Å².